The van der Waals surface area contributed by atoms with Gasteiger partial charge in [0, 0.05) is 51.2 Å². The van der Waals surface area contributed by atoms with Crippen molar-refractivity contribution in [3.05, 3.63) is 12.1 Å². The first-order valence-corrected chi connectivity index (χ1v) is 9.45. The molecule has 2 aromatic heterocycles. The van der Waals surface area contributed by atoms with Crippen LogP contribution in [-0.4, -0.2) is 86.3 Å². The molecule has 4 rings (SSSR count). The van der Waals surface area contributed by atoms with Crippen molar-refractivity contribution < 1.29 is 4.79 Å². The van der Waals surface area contributed by atoms with Gasteiger partial charge >= 0.3 is 0 Å². The lowest BCUT2D eigenvalue weighted by Gasteiger charge is -2.40. The fraction of sp³-hybridized carbons (Fsp3) is 0.706. The van der Waals surface area contributed by atoms with E-state index in [1.54, 1.807) is 0 Å². The number of fused-ring (bicyclic) bond motifs is 1. The number of carbonyl (C=O) groups excluding carboxylic acids is 1. The highest BCUT2D eigenvalue weighted by atomic mass is 16.2. The van der Waals surface area contributed by atoms with E-state index in [2.05, 4.69) is 49.2 Å². The predicted molar refractivity (Wildman–Crippen MR) is 96.8 cm³/mol. The van der Waals surface area contributed by atoms with Crippen LogP contribution in [0.5, 0.6) is 0 Å². The number of rotatable bonds is 3. The lowest BCUT2D eigenvalue weighted by Crippen LogP contribution is -2.53. The van der Waals surface area contributed by atoms with Gasteiger partial charge in [0.2, 0.25) is 5.91 Å². The minimum atomic E-state index is 0.133. The SMILES string of the molecule is CC(C)N1CCN(C(=O)C2CCN(c3ccc4nnnn4n3)CC2)CC1. The largest absolute Gasteiger partial charge is 0.355 e. The molecule has 0 atom stereocenters. The second kappa shape index (κ2) is 7.14. The zero-order valence-electron chi connectivity index (χ0n) is 15.5. The Bertz CT molecular complexity index is 759. The van der Waals surface area contributed by atoms with Crippen molar-refractivity contribution in [1.29, 1.82) is 0 Å². The lowest BCUT2D eigenvalue weighted by molar-refractivity contribution is -0.138. The van der Waals surface area contributed by atoms with E-state index in [9.17, 15) is 4.79 Å². The maximum atomic E-state index is 12.9. The zero-order chi connectivity index (χ0) is 18.1. The summed E-state index contributed by atoms with van der Waals surface area (Å²) in [5.74, 6) is 1.33. The van der Waals surface area contributed by atoms with Gasteiger partial charge in [-0.1, -0.05) is 0 Å². The third-order valence-electron chi connectivity index (χ3n) is 5.58. The van der Waals surface area contributed by atoms with Gasteiger partial charge in [-0.15, -0.1) is 14.8 Å². The van der Waals surface area contributed by atoms with Crippen LogP contribution >= 0.6 is 0 Å². The molecule has 26 heavy (non-hydrogen) atoms. The number of carbonyl (C=O) groups is 1. The Morgan fingerprint density at radius 3 is 2.50 bits per heavy atom. The first kappa shape index (κ1) is 17.1. The molecule has 140 valence electrons. The Morgan fingerprint density at radius 2 is 1.81 bits per heavy atom. The molecule has 0 aliphatic carbocycles. The molecule has 0 bridgehead atoms. The summed E-state index contributed by atoms with van der Waals surface area (Å²) >= 11 is 0. The molecule has 2 fully saturated rings. The number of amides is 1. The van der Waals surface area contributed by atoms with Gasteiger partial charge < -0.3 is 9.80 Å². The highest BCUT2D eigenvalue weighted by Gasteiger charge is 2.31. The molecule has 2 aliphatic heterocycles. The van der Waals surface area contributed by atoms with Crippen molar-refractivity contribution in [2.45, 2.75) is 32.7 Å². The van der Waals surface area contributed by atoms with Crippen LogP contribution in [0.1, 0.15) is 26.7 Å². The van der Waals surface area contributed by atoms with Crippen LogP contribution in [0.15, 0.2) is 12.1 Å². The topological polar surface area (TPSA) is 82.8 Å². The summed E-state index contributed by atoms with van der Waals surface area (Å²) in [6.45, 7) is 9.79. The molecule has 2 saturated heterocycles. The van der Waals surface area contributed by atoms with E-state index in [-0.39, 0.29) is 5.92 Å². The maximum Gasteiger partial charge on any atom is 0.225 e. The molecular weight excluding hydrogens is 332 g/mol. The number of hydrogen-bond acceptors (Lipinski definition) is 7. The Hall–Kier alpha value is -2.29. The zero-order valence-corrected chi connectivity index (χ0v) is 15.5. The van der Waals surface area contributed by atoms with E-state index in [0.717, 1.165) is 57.9 Å². The summed E-state index contributed by atoms with van der Waals surface area (Å²) in [6, 6.07) is 4.37. The summed E-state index contributed by atoms with van der Waals surface area (Å²) in [4.78, 5) is 19.6. The normalized spacial score (nSPS) is 20.3. The van der Waals surface area contributed by atoms with E-state index < -0.39 is 0 Å². The molecular formula is C17H26N8O. The molecule has 2 aliphatic rings. The number of piperazine rings is 1. The molecule has 1 amide bonds. The van der Waals surface area contributed by atoms with Gasteiger partial charge in [-0.05, 0) is 49.2 Å². The van der Waals surface area contributed by atoms with E-state index >= 15 is 0 Å². The smallest absolute Gasteiger partial charge is 0.225 e. The fourth-order valence-corrected chi connectivity index (χ4v) is 3.88. The fourth-order valence-electron chi connectivity index (χ4n) is 3.88. The second-order valence-electron chi connectivity index (χ2n) is 7.43. The maximum absolute atomic E-state index is 12.9. The molecule has 0 N–H and O–H groups in total. The Morgan fingerprint density at radius 1 is 1.08 bits per heavy atom. The quantitative estimate of drug-likeness (QED) is 0.780. The van der Waals surface area contributed by atoms with Crippen LogP contribution in [-0.2, 0) is 4.79 Å². The number of tetrazole rings is 1. The average Bonchev–Trinajstić information content (AvgIpc) is 3.15. The summed E-state index contributed by atoms with van der Waals surface area (Å²) in [5, 5.41) is 15.8. The van der Waals surface area contributed by atoms with E-state index in [4.69, 9.17) is 0 Å². The van der Waals surface area contributed by atoms with Crippen LogP contribution < -0.4 is 4.90 Å². The number of piperidine rings is 1. The van der Waals surface area contributed by atoms with Gasteiger partial charge in [0.25, 0.3) is 0 Å². The van der Waals surface area contributed by atoms with Crippen molar-refractivity contribution in [2.24, 2.45) is 5.92 Å². The average molecular weight is 358 g/mol. The number of anilines is 1. The summed E-state index contributed by atoms with van der Waals surface area (Å²) in [5.41, 5.74) is 0.638. The van der Waals surface area contributed by atoms with Crippen LogP contribution in [0, 0.1) is 5.92 Å². The lowest BCUT2D eigenvalue weighted by atomic mass is 9.95. The van der Waals surface area contributed by atoms with Crippen molar-refractivity contribution in [3.8, 4) is 0 Å². The highest BCUT2D eigenvalue weighted by Crippen LogP contribution is 2.24. The Balaban J connectivity index is 1.32. The highest BCUT2D eigenvalue weighted by molar-refractivity contribution is 5.79. The molecule has 0 spiro atoms. The third kappa shape index (κ3) is 3.35. The van der Waals surface area contributed by atoms with Gasteiger partial charge in [0.1, 0.15) is 0 Å². The van der Waals surface area contributed by atoms with Crippen LogP contribution in [0.2, 0.25) is 0 Å². The summed E-state index contributed by atoms with van der Waals surface area (Å²) in [6.07, 6.45) is 1.75. The molecule has 0 aromatic carbocycles. The van der Waals surface area contributed by atoms with Crippen molar-refractivity contribution in [1.82, 2.24) is 35.1 Å². The molecule has 2 aromatic rings. The molecule has 9 heteroatoms. The van der Waals surface area contributed by atoms with Gasteiger partial charge in [0.05, 0.1) is 0 Å². The van der Waals surface area contributed by atoms with Gasteiger partial charge in [-0.3, -0.25) is 9.69 Å². The molecule has 0 saturated carbocycles. The number of aromatic nitrogens is 5. The van der Waals surface area contributed by atoms with Gasteiger partial charge in [-0.25, -0.2) is 0 Å². The third-order valence-corrected chi connectivity index (χ3v) is 5.58. The second-order valence-corrected chi connectivity index (χ2v) is 7.43. The van der Waals surface area contributed by atoms with E-state index in [1.165, 1.54) is 4.63 Å². The van der Waals surface area contributed by atoms with E-state index in [0.29, 0.717) is 17.6 Å². The van der Waals surface area contributed by atoms with Gasteiger partial charge in [0.15, 0.2) is 11.5 Å². The molecule has 0 radical (unpaired) electrons. The molecule has 4 heterocycles. The number of hydrogen-bond donors (Lipinski definition) is 0. The van der Waals surface area contributed by atoms with Crippen LogP contribution in [0.4, 0.5) is 5.82 Å². The Kier molecular flexibility index (Phi) is 4.71. The summed E-state index contributed by atoms with van der Waals surface area (Å²) < 4.78 is 1.45. The van der Waals surface area contributed by atoms with Crippen molar-refractivity contribution in [3.63, 3.8) is 0 Å². The van der Waals surface area contributed by atoms with Gasteiger partial charge in [-0.2, -0.15) is 0 Å². The van der Waals surface area contributed by atoms with Crippen molar-refractivity contribution in [2.75, 3.05) is 44.2 Å². The van der Waals surface area contributed by atoms with Crippen LogP contribution in [0.3, 0.4) is 0 Å². The molecule has 0 unspecified atom stereocenters. The first-order valence-electron chi connectivity index (χ1n) is 9.45. The Labute approximate surface area is 152 Å². The number of nitrogens with zero attached hydrogens (tertiary/aromatic N) is 8. The molecule has 9 nitrogen and oxygen atoms in total. The van der Waals surface area contributed by atoms with Crippen LogP contribution in [0.25, 0.3) is 5.65 Å². The van der Waals surface area contributed by atoms with Crippen molar-refractivity contribution >= 4 is 17.4 Å². The standard InChI is InChI=1S/C17H26N8O/c1-13(2)22-9-11-24(12-10-22)17(26)14-5-7-23(8-6-14)16-4-3-15-18-20-21-25(15)19-16/h3-4,13-14H,5-12H2,1-2H3. The minimum Gasteiger partial charge on any atom is -0.355 e. The predicted octanol–water partition coefficient (Wildman–Crippen LogP) is 0.288. The monoisotopic (exact) mass is 358 g/mol. The summed E-state index contributed by atoms with van der Waals surface area (Å²) in [7, 11) is 0. The minimum absolute atomic E-state index is 0.133. The van der Waals surface area contributed by atoms with E-state index in [1.807, 2.05) is 12.1 Å². The first-order chi connectivity index (χ1) is 12.6.